The number of nitrogens with two attached hydrogens (primary N) is 1. The summed E-state index contributed by atoms with van der Waals surface area (Å²) in [6, 6.07) is 41.8. The zero-order valence-corrected chi connectivity index (χ0v) is 41.6. The SMILES string of the molecule is CCOC(=O)[C@H](O)C[C@H](N)Cc1ccc(-c2cccc(Cl)c2)cc1.O=C(N[C@H](Cc1ccc(-c2cccc(Cl)c2)cc1)C[C@@H](O)C(=O)O)c1cc(=O)n(-c2ccccn2)[nH]1.O=C(O)c1cc(=O)n(-c2ccccn2)[nH]1. The summed E-state index contributed by atoms with van der Waals surface area (Å²) >= 11 is 12.1. The number of aliphatic hydroxyl groups is 2. The molecule has 0 aliphatic heterocycles. The second-order valence-corrected chi connectivity index (χ2v) is 17.6. The monoisotopic (exact) mass is 1060 g/mol. The summed E-state index contributed by atoms with van der Waals surface area (Å²) in [5.41, 5.74) is 10.8. The molecule has 19 nitrogen and oxygen atoms in total. The number of carbonyl (C=O) groups excluding carboxylic acids is 2. The van der Waals surface area contributed by atoms with Gasteiger partial charge in [0.15, 0.2) is 23.8 Å². The summed E-state index contributed by atoms with van der Waals surface area (Å²) in [5, 5.41) is 46.7. The van der Waals surface area contributed by atoms with Crippen LogP contribution >= 0.6 is 23.2 Å². The standard InChI is InChI=1S/C26H23ClN4O5.C19H22ClNO3.C9H7N3O3/c27-19-5-3-4-18(13-19)17-9-7-16(8-10-17)12-20(14-22(32)26(35)36)29-25(34)21-15-24(33)31(30-21)23-6-1-2-11-28-23;1-2-24-19(23)18(22)12-17(21)10-13-6-8-14(9-7-13)15-4-3-5-16(20)11-15;13-8-5-6(9(14)15)11-12(8)7-3-1-2-4-10-7/h1-11,13,15,20,22,30,32H,12,14H2,(H,29,34)(H,35,36);3-9,11,17-18,22H,2,10,12,21H2,1H3;1-5,11H,(H,14,15)/t20-,22-;17-,18-;/m11./s1. The van der Waals surface area contributed by atoms with Crippen molar-refractivity contribution in [2.75, 3.05) is 6.61 Å². The molecular formula is C54H52Cl2N8O11. The second-order valence-electron chi connectivity index (χ2n) is 16.7. The van der Waals surface area contributed by atoms with Crippen LogP contribution < -0.4 is 22.2 Å². The minimum atomic E-state index is -1.67. The highest BCUT2D eigenvalue weighted by molar-refractivity contribution is 6.31. The first-order valence-electron chi connectivity index (χ1n) is 23.2. The van der Waals surface area contributed by atoms with Gasteiger partial charge in [0.2, 0.25) is 0 Å². The molecule has 0 spiro atoms. The van der Waals surface area contributed by atoms with Crippen LogP contribution in [-0.2, 0) is 27.2 Å². The maximum atomic E-state index is 12.9. The van der Waals surface area contributed by atoms with Crippen molar-refractivity contribution in [2.45, 2.75) is 56.9 Å². The quantitative estimate of drug-likeness (QED) is 0.0425. The largest absolute Gasteiger partial charge is 0.479 e. The molecule has 0 bridgehead atoms. The molecule has 4 aromatic heterocycles. The van der Waals surface area contributed by atoms with Gasteiger partial charge in [-0.2, -0.15) is 0 Å². The van der Waals surface area contributed by atoms with Crippen molar-refractivity contribution in [3.63, 3.8) is 0 Å². The van der Waals surface area contributed by atoms with Crippen molar-refractivity contribution >= 4 is 47.0 Å². The maximum Gasteiger partial charge on any atom is 0.353 e. The maximum absolute atomic E-state index is 12.9. The molecule has 0 fully saturated rings. The molecule has 0 saturated heterocycles. The number of nitrogens with one attached hydrogen (secondary N) is 3. The van der Waals surface area contributed by atoms with Crippen LogP contribution in [0.3, 0.4) is 0 Å². The van der Waals surface area contributed by atoms with Gasteiger partial charge in [0.1, 0.15) is 11.4 Å². The van der Waals surface area contributed by atoms with Crippen LogP contribution in [0.25, 0.3) is 33.9 Å². The van der Waals surface area contributed by atoms with Crippen molar-refractivity contribution < 1.29 is 44.3 Å². The Morgan fingerprint density at radius 3 is 1.56 bits per heavy atom. The fourth-order valence-electron chi connectivity index (χ4n) is 7.45. The van der Waals surface area contributed by atoms with Gasteiger partial charge in [-0.15, -0.1) is 0 Å². The Kier molecular flexibility index (Phi) is 20.1. The van der Waals surface area contributed by atoms with Gasteiger partial charge in [0.25, 0.3) is 17.0 Å². The first kappa shape index (κ1) is 55.8. The lowest BCUT2D eigenvalue weighted by Crippen LogP contribution is -2.40. The Hall–Kier alpha value is -8.46. The van der Waals surface area contributed by atoms with E-state index in [0.29, 0.717) is 28.1 Å². The van der Waals surface area contributed by atoms with E-state index in [1.165, 1.54) is 12.4 Å². The predicted octanol–water partition coefficient (Wildman–Crippen LogP) is 6.51. The van der Waals surface area contributed by atoms with Crippen molar-refractivity contribution in [1.82, 2.24) is 34.8 Å². The minimum absolute atomic E-state index is 0.0169. The highest BCUT2D eigenvalue weighted by Gasteiger charge is 2.24. The molecule has 4 aromatic carbocycles. The third-order valence-corrected chi connectivity index (χ3v) is 11.6. The van der Waals surface area contributed by atoms with Crippen molar-refractivity contribution in [3.8, 4) is 33.9 Å². The topological polar surface area (TPSA) is 298 Å². The highest BCUT2D eigenvalue weighted by Crippen LogP contribution is 2.25. The van der Waals surface area contributed by atoms with E-state index < -0.39 is 53.2 Å². The number of halogens is 2. The molecule has 8 aromatic rings. The van der Waals surface area contributed by atoms with E-state index in [9.17, 15) is 39.0 Å². The van der Waals surface area contributed by atoms with E-state index in [2.05, 4.69) is 25.5 Å². The number of hydrogen-bond acceptors (Lipinski definition) is 12. The average molecular weight is 1060 g/mol. The number of aliphatic hydroxyl groups excluding tert-OH is 2. The number of rotatable bonds is 18. The zero-order chi connectivity index (χ0) is 54.0. The van der Waals surface area contributed by atoms with E-state index in [1.807, 2.05) is 91.0 Å². The average Bonchev–Trinajstić information content (AvgIpc) is 4.00. The number of aliphatic carboxylic acids is 1. The van der Waals surface area contributed by atoms with Gasteiger partial charge in [-0.05, 0) is 108 Å². The van der Waals surface area contributed by atoms with Gasteiger partial charge >= 0.3 is 17.9 Å². The van der Waals surface area contributed by atoms with Gasteiger partial charge < -0.3 is 36.2 Å². The number of carbonyl (C=O) groups is 4. The Morgan fingerprint density at radius 2 is 1.12 bits per heavy atom. The number of amides is 1. The highest BCUT2D eigenvalue weighted by atomic mass is 35.5. The third-order valence-electron chi connectivity index (χ3n) is 11.1. The van der Waals surface area contributed by atoms with Crippen molar-refractivity contribution in [1.29, 1.82) is 0 Å². The first-order valence-corrected chi connectivity index (χ1v) is 24.0. The molecule has 0 unspecified atom stereocenters. The smallest absolute Gasteiger partial charge is 0.353 e. The number of esters is 1. The zero-order valence-electron chi connectivity index (χ0n) is 40.1. The molecule has 9 N–H and O–H groups in total. The fourth-order valence-corrected chi connectivity index (χ4v) is 7.83. The number of pyridine rings is 2. The number of carboxylic acids is 2. The number of aromatic amines is 2. The lowest BCUT2D eigenvalue weighted by Gasteiger charge is -2.20. The lowest BCUT2D eigenvalue weighted by molar-refractivity contribution is -0.153. The molecule has 388 valence electrons. The van der Waals surface area contributed by atoms with Crippen molar-refractivity contribution in [3.05, 3.63) is 211 Å². The second kappa shape index (κ2) is 27.0. The predicted molar refractivity (Wildman–Crippen MR) is 281 cm³/mol. The van der Waals surface area contributed by atoms with Crippen molar-refractivity contribution in [2.24, 2.45) is 5.73 Å². The fraction of sp³-hybridized carbons (Fsp3) is 0.185. The molecule has 0 aliphatic rings. The van der Waals surface area contributed by atoms with Gasteiger partial charge in [0.05, 0.1) is 6.61 Å². The Labute approximate surface area is 438 Å². The molecule has 75 heavy (non-hydrogen) atoms. The van der Waals surface area contributed by atoms with E-state index >= 15 is 0 Å². The van der Waals surface area contributed by atoms with Gasteiger partial charge in [-0.3, -0.25) is 24.6 Å². The van der Waals surface area contributed by atoms with Crippen LogP contribution in [0.1, 0.15) is 51.9 Å². The number of benzene rings is 4. The van der Waals surface area contributed by atoms with Crippen LogP contribution in [0.5, 0.6) is 0 Å². The number of aromatic carboxylic acids is 1. The molecular weight excluding hydrogens is 1010 g/mol. The van der Waals surface area contributed by atoms with Gasteiger partial charge in [-0.1, -0.05) is 108 Å². The van der Waals surface area contributed by atoms with Crippen LogP contribution in [0.4, 0.5) is 0 Å². The molecule has 0 saturated carbocycles. The first-order chi connectivity index (χ1) is 36.0. The lowest BCUT2D eigenvalue weighted by atomic mass is 9.97. The Balaban J connectivity index is 0.000000201. The number of hydrogen-bond donors (Lipinski definition) is 8. The molecule has 4 heterocycles. The molecule has 8 rings (SSSR count). The normalized spacial score (nSPS) is 12.3. The summed E-state index contributed by atoms with van der Waals surface area (Å²) in [6.07, 6.45) is 0.983. The molecule has 4 atom stereocenters. The summed E-state index contributed by atoms with van der Waals surface area (Å²) < 4.78 is 6.98. The van der Waals surface area contributed by atoms with E-state index in [0.717, 1.165) is 54.9 Å². The molecule has 1 amide bonds. The number of nitrogens with zero attached hydrogens (tertiary/aromatic N) is 4. The van der Waals surface area contributed by atoms with Gasteiger partial charge in [-0.25, -0.2) is 33.7 Å². The number of aromatic nitrogens is 6. The van der Waals surface area contributed by atoms with Crippen LogP contribution in [0, 0.1) is 0 Å². The molecule has 21 heteroatoms. The summed E-state index contributed by atoms with van der Waals surface area (Å²) in [5.74, 6) is -3.12. The number of ether oxygens (including phenoxy) is 1. The summed E-state index contributed by atoms with van der Waals surface area (Å²) in [6.45, 7) is 1.95. The van der Waals surface area contributed by atoms with Crippen LogP contribution in [0.2, 0.25) is 10.0 Å². The number of H-pyrrole nitrogens is 2. The third kappa shape index (κ3) is 16.5. The Morgan fingerprint density at radius 1 is 0.627 bits per heavy atom. The molecule has 0 radical (unpaired) electrons. The summed E-state index contributed by atoms with van der Waals surface area (Å²) in [4.78, 5) is 77.9. The van der Waals surface area contributed by atoms with Crippen LogP contribution in [-0.4, -0.2) is 105 Å². The molecule has 0 aliphatic carbocycles. The summed E-state index contributed by atoms with van der Waals surface area (Å²) in [7, 11) is 0. The number of carboxylic acid groups (broad SMARTS) is 2. The van der Waals surface area contributed by atoms with E-state index in [1.54, 1.807) is 49.4 Å². The van der Waals surface area contributed by atoms with E-state index in [4.69, 9.17) is 43.9 Å². The van der Waals surface area contributed by atoms with E-state index in [-0.39, 0.29) is 43.3 Å². The van der Waals surface area contributed by atoms with Crippen LogP contribution in [0.15, 0.2) is 168 Å². The Bertz CT molecular complexity index is 3290. The van der Waals surface area contributed by atoms with Gasteiger partial charge in [0, 0.05) is 53.1 Å². The minimum Gasteiger partial charge on any atom is -0.479 e.